The number of aryl methyl sites for hydroxylation is 4. The highest BCUT2D eigenvalue weighted by molar-refractivity contribution is 5.82. The molecule has 0 spiro atoms. The van der Waals surface area contributed by atoms with E-state index in [1.807, 2.05) is 133 Å². The largest absolute Gasteiger partial charge is 0.491 e. The first-order valence-electron chi connectivity index (χ1n) is 31.5. The Morgan fingerprint density at radius 1 is 0.476 bits per heavy atom. The predicted molar refractivity (Wildman–Crippen MR) is 354 cm³/mol. The lowest BCUT2D eigenvalue weighted by atomic mass is 9.76. The summed E-state index contributed by atoms with van der Waals surface area (Å²) in [6, 6.07) is 15.9. The summed E-state index contributed by atoms with van der Waals surface area (Å²) in [6.07, 6.45) is 2.47. The summed E-state index contributed by atoms with van der Waals surface area (Å²) < 4.78 is 44.2. The van der Waals surface area contributed by atoms with E-state index in [0.29, 0.717) is 67.6 Å². The second-order valence-corrected chi connectivity index (χ2v) is 27.2. The molecule has 0 saturated heterocycles. The zero-order chi connectivity index (χ0) is 66.2. The van der Waals surface area contributed by atoms with E-state index in [1.165, 1.54) is 11.1 Å². The number of ketones is 1. The van der Waals surface area contributed by atoms with E-state index in [4.69, 9.17) is 37.9 Å². The van der Waals surface area contributed by atoms with Crippen LogP contribution in [0.4, 0.5) is 0 Å². The van der Waals surface area contributed by atoms with Gasteiger partial charge in [0.15, 0.2) is 0 Å². The molecule has 0 fully saturated rings. The van der Waals surface area contributed by atoms with Crippen LogP contribution in [-0.4, -0.2) is 72.7 Å². The van der Waals surface area contributed by atoms with E-state index in [0.717, 1.165) is 51.7 Å². The van der Waals surface area contributed by atoms with E-state index < -0.39 is 0 Å². The third kappa shape index (κ3) is 40.0. The molecular formula is C73H128O11. The Bertz CT molecular complexity index is 2210. The Balaban J connectivity index is -0.000000972. The molecule has 0 bridgehead atoms. The quantitative estimate of drug-likeness (QED) is 0.0753. The van der Waals surface area contributed by atoms with Crippen molar-refractivity contribution in [1.29, 1.82) is 0 Å². The fraction of sp³-hybridized carbons (Fsp3) is 0.712. The minimum Gasteiger partial charge on any atom is -0.491 e. The van der Waals surface area contributed by atoms with Crippen molar-refractivity contribution in [2.45, 2.75) is 302 Å². The number of carbonyl (C=O) groups excluding carboxylic acids is 3. The van der Waals surface area contributed by atoms with Crippen molar-refractivity contribution in [3.8, 4) is 17.2 Å². The number of hydrogen-bond acceptors (Lipinski definition) is 11. The second-order valence-electron chi connectivity index (χ2n) is 27.2. The van der Waals surface area contributed by atoms with Crippen LogP contribution in [0.2, 0.25) is 0 Å². The van der Waals surface area contributed by atoms with E-state index in [9.17, 15) is 14.4 Å². The third-order valence-corrected chi connectivity index (χ3v) is 12.7. The molecule has 3 aromatic rings. The van der Waals surface area contributed by atoms with E-state index >= 15 is 0 Å². The van der Waals surface area contributed by atoms with Gasteiger partial charge in [0, 0.05) is 29.9 Å². The molecule has 486 valence electrons. The van der Waals surface area contributed by atoms with Gasteiger partial charge in [0.1, 0.15) is 36.2 Å². The van der Waals surface area contributed by atoms with Gasteiger partial charge in [-0.3, -0.25) is 14.4 Å². The van der Waals surface area contributed by atoms with Gasteiger partial charge in [-0.2, -0.15) is 0 Å². The molecule has 0 aromatic heterocycles. The van der Waals surface area contributed by atoms with E-state index in [-0.39, 0.29) is 59.0 Å². The lowest BCUT2D eigenvalue weighted by Gasteiger charge is -2.31. The summed E-state index contributed by atoms with van der Waals surface area (Å²) in [4.78, 5) is 34.9. The maximum atomic E-state index is 12.2. The zero-order valence-electron chi connectivity index (χ0n) is 59.9. The predicted octanol–water partition coefficient (Wildman–Crippen LogP) is 19.3. The first-order valence-corrected chi connectivity index (χ1v) is 31.5. The average molecular weight is 1180 g/mol. The average Bonchev–Trinajstić information content (AvgIpc) is 2.25. The van der Waals surface area contributed by atoms with Crippen LogP contribution in [0.5, 0.6) is 17.2 Å². The van der Waals surface area contributed by atoms with Crippen molar-refractivity contribution in [1.82, 2.24) is 0 Å². The van der Waals surface area contributed by atoms with Gasteiger partial charge >= 0.3 is 11.9 Å². The van der Waals surface area contributed by atoms with Crippen LogP contribution in [0.25, 0.3) is 0 Å². The highest BCUT2D eigenvalue weighted by Crippen LogP contribution is 2.39. The SMILES string of the molecule is CC(C)COC(C)C.CC(C)OC(C)(C)C(C)C.CC(C)OC(C)C(C)C.CC(C)Oc1ccc(COC(=O)C(C)C)cc1.Cc1cc(C)c(C(C)(C)CC(=O)C(C)C)c(OC(C)C)c1.Cc1cc(COC(=O)C(C)C)cc(C)c1OC(C)C. The molecule has 0 aliphatic heterocycles. The first-order chi connectivity index (χ1) is 38.4. The van der Waals surface area contributed by atoms with Crippen molar-refractivity contribution in [3.05, 3.63) is 87.5 Å². The van der Waals surface area contributed by atoms with Crippen molar-refractivity contribution in [2.24, 2.45) is 35.5 Å². The lowest BCUT2D eigenvalue weighted by molar-refractivity contribution is -0.149. The Hall–Kier alpha value is -4.45. The highest BCUT2D eigenvalue weighted by atomic mass is 16.5. The first kappa shape index (κ1) is 83.8. The van der Waals surface area contributed by atoms with Crippen LogP contribution in [0, 0.1) is 63.2 Å². The van der Waals surface area contributed by atoms with Gasteiger partial charge in [0.05, 0.1) is 60.2 Å². The monoisotopic (exact) mass is 1180 g/mol. The number of carbonyl (C=O) groups is 3. The lowest BCUT2D eigenvalue weighted by Crippen LogP contribution is -2.33. The Morgan fingerprint density at radius 2 is 0.929 bits per heavy atom. The smallest absolute Gasteiger partial charge is 0.308 e. The molecular weight excluding hydrogens is 1050 g/mol. The standard InChI is InChI=1S/C19H30O2.C16H24O3.C14H20O3.C9H20O.C8H18O.C7H16O/c1-12(2)16(20)11-19(7,8)18-15(6)9-14(5)10-17(18)21-13(3)4;1-10(2)16(17)18-9-14-7-12(5)15(13(6)8-14)19-11(3)4;1-10(2)14(15)16-9-12-5-7-13(8-6-12)17-11(3)4;1-7(2)9(5,6)10-8(3)4;1-6(2)8(5)9-7(3)4;1-6(2)5-8-7(3)4/h9-10,12-13H,11H2,1-8H3;7-8,10-11H,9H2,1-6H3;5-8,10-11H,9H2,1-4H3;7-8H,1-6H3;6-8H,1-5H3;6-7H,5H2,1-4H3. The van der Waals surface area contributed by atoms with Crippen LogP contribution in [-0.2, 0) is 56.7 Å². The van der Waals surface area contributed by atoms with Crippen LogP contribution in [0.15, 0.2) is 48.5 Å². The molecule has 1 atom stereocenters. The molecule has 0 aliphatic carbocycles. The van der Waals surface area contributed by atoms with Gasteiger partial charge < -0.3 is 37.9 Å². The van der Waals surface area contributed by atoms with Crippen LogP contribution < -0.4 is 14.2 Å². The summed E-state index contributed by atoms with van der Waals surface area (Å²) in [5.74, 6) is 4.41. The Labute approximate surface area is 516 Å². The number of ether oxygens (including phenoxy) is 8. The third-order valence-electron chi connectivity index (χ3n) is 12.7. The number of rotatable bonds is 25. The fourth-order valence-electron chi connectivity index (χ4n) is 7.71. The topological polar surface area (TPSA) is 125 Å². The molecule has 0 aliphatic rings. The van der Waals surface area contributed by atoms with Crippen molar-refractivity contribution in [2.75, 3.05) is 6.61 Å². The maximum absolute atomic E-state index is 12.2. The summed E-state index contributed by atoms with van der Waals surface area (Å²) in [7, 11) is 0. The van der Waals surface area contributed by atoms with Gasteiger partial charge in [-0.15, -0.1) is 0 Å². The van der Waals surface area contributed by atoms with Gasteiger partial charge in [-0.05, 0) is 213 Å². The van der Waals surface area contributed by atoms with Crippen molar-refractivity contribution < 1.29 is 52.3 Å². The molecule has 84 heavy (non-hydrogen) atoms. The molecule has 11 heteroatoms. The van der Waals surface area contributed by atoms with Gasteiger partial charge in [-0.1, -0.05) is 115 Å². The number of benzene rings is 3. The molecule has 0 radical (unpaired) electrons. The van der Waals surface area contributed by atoms with E-state index in [2.05, 4.69) is 144 Å². The molecule has 0 saturated carbocycles. The minimum atomic E-state index is -0.219. The zero-order valence-corrected chi connectivity index (χ0v) is 59.9. The van der Waals surface area contributed by atoms with Crippen LogP contribution >= 0.6 is 0 Å². The normalized spacial score (nSPS) is 11.9. The molecule has 3 rings (SSSR count). The number of hydrogen-bond donors (Lipinski definition) is 0. The van der Waals surface area contributed by atoms with Crippen molar-refractivity contribution in [3.63, 3.8) is 0 Å². The second kappa shape index (κ2) is 42.4. The summed E-state index contributed by atoms with van der Waals surface area (Å²) >= 11 is 0. The van der Waals surface area contributed by atoms with Crippen LogP contribution in [0.3, 0.4) is 0 Å². The summed E-state index contributed by atoms with van der Waals surface area (Å²) in [6.45, 7) is 69.1. The minimum absolute atomic E-state index is 0.0220. The number of esters is 2. The molecule has 0 amide bonds. The van der Waals surface area contributed by atoms with Gasteiger partial charge in [0.2, 0.25) is 0 Å². The Kier molecular flexibility index (Phi) is 42.3. The number of Topliss-reactive ketones (excluding diaryl/α,β-unsaturated/α-hetero) is 1. The van der Waals surface area contributed by atoms with Crippen LogP contribution in [0.1, 0.15) is 246 Å². The molecule has 1 unspecified atom stereocenters. The molecule has 0 N–H and O–H groups in total. The Morgan fingerprint density at radius 3 is 1.25 bits per heavy atom. The fourth-order valence-corrected chi connectivity index (χ4v) is 7.71. The molecule has 0 heterocycles. The van der Waals surface area contributed by atoms with Crippen molar-refractivity contribution >= 4 is 17.7 Å². The summed E-state index contributed by atoms with van der Waals surface area (Å²) in [5.41, 5.74) is 7.47. The molecule has 3 aromatic carbocycles. The maximum Gasteiger partial charge on any atom is 0.308 e. The van der Waals surface area contributed by atoms with E-state index in [1.54, 1.807) is 0 Å². The highest BCUT2D eigenvalue weighted by Gasteiger charge is 2.31. The summed E-state index contributed by atoms with van der Waals surface area (Å²) in [5, 5.41) is 0. The molecule has 11 nitrogen and oxygen atoms in total. The van der Waals surface area contributed by atoms with Gasteiger partial charge in [-0.25, -0.2) is 0 Å². The van der Waals surface area contributed by atoms with Gasteiger partial charge in [0.25, 0.3) is 0 Å².